The predicted octanol–water partition coefficient (Wildman–Crippen LogP) is 5.33. The summed E-state index contributed by atoms with van der Waals surface area (Å²) < 4.78 is 12.9. The molecule has 1 aromatic heterocycles. The van der Waals surface area contributed by atoms with Crippen LogP contribution in [0.25, 0.3) is 16.7 Å². The van der Waals surface area contributed by atoms with Crippen LogP contribution in [0.1, 0.15) is 28.9 Å². The Morgan fingerprint density at radius 1 is 0.938 bits per heavy atom. The van der Waals surface area contributed by atoms with Crippen LogP contribution >= 0.6 is 0 Å². The van der Waals surface area contributed by atoms with E-state index in [0.717, 1.165) is 22.3 Å². The van der Waals surface area contributed by atoms with Gasteiger partial charge >= 0.3 is 0 Å². The number of aromatic nitrogens is 2. The lowest BCUT2D eigenvalue weighted by atomic mass is 9.89. The number of nitrogens with zero attached hydrogens (tertiary/aromatic N) is 2. The number of hydrogen-bond donors (Lipinski definition) is 1. The number of benzene rings is 3. The number of anilines is 1. The number of carbonyl (C=O) groups is 1. The summed E-state index contributed by atoms with van der Waals surface area (Å²) in [5, 5.41) is 3.50. The number of carbonyl (C=O) groups excluding carboxylic acids is 1. The highest BCUT2D eigenvalue weighted by atomic mass is 16.5. The number of ketones is 1. The fourth-order valence-electron chi connectivity index (χ4n) is 4.32. The highest BCUT2D eigenvalue weighted by Gasteiger charge is 2.33. The molecule has 0 unspecified atom stereocenters. The lowest BCUT2D eigenvalue weighted by Crippen LogP contribution is -2.27. The minimum atomic E-state index is -0.396. The number of Topliss-reactive ketones (excluding diaryl/α,β-unsaturated/α-hetero) is 1. The molecule has 0 bridgehead atoms. The van der Waals surface area contributed by atoms with Gasteiger partial charge in [-0.05, 0) is 36.8 Å². The molecule has 1 aliphatic rings. The average molecular weight is 425 g/mol. The molecule has 3 aromatic carbocycles. The SMILES string of the molecule is COc1ccc([C@@H]2Nc3nc4ccccc4n3C(C)=C2C(=O)c2ccccc2)cc1OC. The topological polar surface area (TPSA) is 65.4 Å². The van der Waals surface area contributed by atoms with Gasteiger partial charge in [-0.1, -0.05) is 48.5 Å². The van der Waals surface area contributed by atoms with E-state index in [0.29, 0.717) is 28.6 Å². The molecule has 160 valence electrons. The number of ether oxygens (including phenoxy) is 2. The van der Waals surface area contributed by atoms with Gasteiger partial charge in [0, 0.05) is 16.8 Å². The first-order valence-corrected chi connectivity index (χ1v) is 10.4. The lowest BCUT2D eigenvalue weighted by Gasteiger charge is -2.30. The Morgan fingerprint density at radius 3 is 2.41 bits per heavy atom. The monoisotopic (exact) mass is 425 g/mol. The van der Waals surface area contributed by atoms with Gasteiger partial charge in [-0.3, -0.25) is 9.36 Å². The number of allylic oxidation sites excluding steroid dienone is 1. The molecule has 0 aliphatic carbocycles. The third-order valence-corrected chi connectivity index (χ3v) is 5.87. The van der Waals surface area contributed by atoms with Crippen molar-refractivity contribution in [3.8, 4) is 11.5 Å². The number of para-hydroxylation sites is 2. The molecule has 0 saturated carbocycles. The molecule has 1 aliphatic heterocycles. The quantitative estimate of drug-likeness (QED) is 0.438. The molecular formula is C26H23N3O3. The first kappa shape index (κ1) is 19.9. The van der Waals surface area contributed by atoms with Crippen molar-refractivity contribution in [2.24, 2.45) is 0 Å². The van der Waals surface area contributed by atoms with Gasteiger partial charge in [-0.15, -0.1) is 0 Å². The molecule has 5 rings (SSSR count). The normalized spacial score (nSPS) is 15.3. The smallest absolute Gasteiger partial charge is 0.209 e. The highest BCUT2D eigenvalue weighted by molar-refractivity contribution is 6.14. The van der Waals surface area contributed by atoms with E-state index in [1.54, 1.807) is 14.2 Å². The van der Waals surface area contributed by atoms with Gasteiger partial charge in [-0.2, -0.15) is 0 Å². The Bertz CT molecular complexity index is 1360. The molecule has 0 fully saturated rings. The second-order valence-electron chi connectivity index (χ2n) is 7.65. The van der Waals surface area contributed by atoms with Gasteiger partial charge in [-0.25, -0.2) is 4.98 Å². The van der Waals surface area contributed by atoms with Gasteiger partial charge in [0.2, 0.25) is 5.95 Å². The van der Waals surface area contributed by atoms with Crippen LogP contribution in [0, 0.1) is 0 Å². The molecular weight excluding hydrogens is 402 g/mol. The van der Waals surface area contributed by atoms with Crippen LogP contribution in [0.3, 0.4) is 0 Å². The van der Waals surface area contributed by atoms with Crippen LogP contribution in [0.2, 0.25) is 0 Å². The maximum absolute atomic E-state index is 13.8. The maximum atomic E-state index is 13.8. The van der Waals surface area contributed by atoms with Crippen LogP contribution in [-0.2, 0) is 0 Å². The van der Waals surface area contributed by atoms with Gasteiger partial charge in [0.25, 0.3) is 0 Å². The molecule has 1 N–H and O–H groups in total. The van der Waals surface area contributed by atoms with Crippen molar-refractivity contribution >= 4 is 28.5 Å². The van der Waals surface area contributed by atoms with E-state index in [2.05, 4.69) is 5.32 Å². The van der Waals surface area contributed by atoms with Crippen molar-refractivity contribution in [2.45, 2.75) is 13.0 Å². The van der Waals surface area contributed by atoms with Crippen molar-refractivity contribution < 1.29 is 14.3 Å². The summed E-state index contributed by atoms with van der Waals surface area (Å²) >= 11 is 0. The molecule has 0 amide bonds. The van der Waals surface area contributed by atoms with Gasteiger partial charge in [0.15, 0.2) is 17.3 Å². The molecule has 1 atom stereocenters. The third kappa shape index (κ3) is 3.12. The third-order valence-electron chi connectivity index (χ3n) is 5.87. The van der Waals surface area contributed by atoms with E-state index in [1.165, 1.54) is 0 Å². The summed E-state index contributed by atoms with van der Waals surface area (Å²) in [6.07, 6.45) is 0. The summed E-state index contributed by atoms with van der Waals surface area (Å²) in [5.41, 5.74) is 4.87. The fraction of sp³-hybridized carbons (Fsp3) is 0.154. The number of hydrogen-bond acceptors (Lipinski definition) is 5. The van der Waals surface area contributed by atoms with Crippen LogP contribution in [-0.4, -0.2) is 29.6 Å². The minimum absolute atomic E-state index is 0.0289. The Kier molecular flexibility index (Phi) is 4.90. The van der Waals surface area contributed by atoms with Crippen molar-refractivity contribution in [2.75, 3.05) is 19.5 Å². The summed E-state index contributed by atoms with van der Waals surface area (Å²) in [6, 6.07) is 22.6. The van der Waals surface area contributed by atoms with E-state index >= 15 is 0 Å². The van der Waals surface area contributed by atoms with E-state index in [-0.39, 0.29) is 5.78 Å². The second-order valence-corrected chi connectivity index (χ2v) is 7.65. The van der Waals surface area contributed by atoms with Gasteiger partial charge in [0.05, 0.1) is 31.3 Å². The number of rotatable bonds is 5. The second kappa shape index (κ2) is 7.89. The number of imidazole rings is 1. The Labute approximate surface area is 186 Å². The summed E-state index contributed by atoms with van der Waals surface area (Å²) in [5.74, 6) is 1.91. The van der Waals surface area contributed by atoms with Gasteiger partial charge < -0.3 is 14.8 Å². The number of nitrogens with one attached hydrogen (secondary N) is 1. The highest BCUT2D eigenvalue weighted by Crippen LogP contribution is 2.41. The Hall–Kier alpha value is -4.06. The first-order valence-electron chi connectivity index (χ1n) is 10.4. The van der Waals surface area contributed by atoms with Crippen molar-refractivity contribution in [3.05, 3.63) is 89.5 Å². The molecule has 0 saturated heterocycles. The molecule has 6 heteroatoms. The van der Waals surface area contributed by atoms with E-state index < -0.39 is 6.04 Å². The minimum Gasteiger partial charge on any atom is -0.493 e. The van der Waals surface area contributed by atoms with Crippen molar-refractivity contribution in [1.29, 1.82) is 0 Å². The maximum Gasteiger partial charge on any atom is 0.209 e. The largest absolute Gasteiger partial charge is 0.493 e. The summed E-state index contributed by atoms with van der Waals surface area (Å²) in [7, 11) is 3.21. The summed E-state index contributed by atoms with van der Waals surface area (Å²) in [6.45, 7) is 1.97. The Morgan fingerprint density at radius 2 is 1.66 bits per heavy atom. The van der Waals surface area contributed by atoms with E-state index in [4.69, 9.17) is 14.5 Å². The van der Waals surface area contributed by atoms with Crippen molar-refractivity contribution in [3.63, 3.8) is 0 Å². The van der Waals surface area contributed by atoms with Crippen LogP contribution < -0.4 is 14.8 Å². The standard InChI is InChI=1S/C26H23N3O3/c1-16-23(25(30)17-9-5-4-6-10-17)24(18-13-14-21(31-2)22(15-18)32-3)28-26-27-19-11-7-8-12-20(19)29(16)26/h4-15,24H,1-3H3,(H,27,28)/t24-/m0/s1. The molecule has 0 spiro atoms. The molecule has 4 aromatic rings. The van der Waals surface area contributed by atoms with Crippen LogP contribution in [0.4, 0.5) is 5.95 Å². The number of methoxy groups -OCH3 is 2. The van der Waals surface area contributed by atoms with Crippen LogP contribution in [0.5, 0.6) is 11.5 Å². The van der Waals surface area contributed by atoms with Gasteiger partial charge in [0.1, 0.15) is 0 Å². The lowest BCUT2D eigenvalue weighted by molar-refractivity contribution is 0.102. The molecule has 2 heterocycles. The average Bonchev–Trinajstić information content (AvgIpc) is 3.22. The fourth-order valence-corrected chi connectivity index (χ4v) is 4.32. The number of fused-ring (bicyclic) bond motifs is 3. The molecule has 6 nitrogen and oxygen atoms in total. The van der Waals surface area contributed by atoms with E-state index in [9.17, 15) is 4.79 Å². The van der Waals surface area contributed by atoms with Crippen LogP contribution in [0.15, 0.2) is 78.4 Å². The molecule has 32 heavy (non-hydrogen) atoms. The molecule has 0 radical (unpaired) electrons. The Balaban J connectivity index is 1.73. The summed E-state index contributed by atoms with van der Waals surface area (Å²) in [4.78, 5) is 18.5. The predicted molar refractivity (Wildman–Crippen MR) is 125 cm³/mol. The zero-order valence-electron chi connectivity index (χ0n) is 18.1. The van der Waals surface area contributed by atoms with E-state index in [1.807, 2.05) is 84.3 Å². The zero-order valence-corrected chi connectivity index (χ0v) is 18.1. The zero-order chi connectivity index (χ0) is 22.2. The van der Waals surface area contributed by atoms with Crippen molar-refractivity contribution in [1.82, 2.24) is 9.55 Å². The first-order chi connectivity index (χ1) is 15.6.